The Hall–Kier alpha value is -6.19. The maximum absolute atomic E-state index is 6.26. The quantitative estimate of drug-likeness (QED) is 0.187. The molecule has 0 aliphatic carbocycles. The van der Waals surface area contributed by atoms with Crippen molar-refractivity contribution < 1.29 is 4.42 Å². The summed E-state index contributed by atoms with van der Waals surface area (Å²) in [6.45, 7) is 0. The van der Waals surface area contributed by atoms with Gasteiger partial charge in [0.2, 0.25) is 0 Å². The molecule has 3 heteroatoms. The Morgan fingerprint density at radius 3 is 1.78 bits per heavy atom. The summed E-state index contributed by atoms with van der Waals surface area (Å²) in [7, 11) is 0. The lowest BCUT2D eigenvalue weighted by Crippen LogP contribution is -2.10. The molecular weight excluding hydrogens is 560 g/mol. The SMILES string of the molecule is c1ccc(-c2ccc(N(c3ccc(-c4cc5ccccc5c5ccccc45)cc3)c3cncc4oc5ccccc5c34)cc2)cc1. The van der Waals surface area contributed by atoms with E-state index < -0.39 is 0 Å². The lowest BCUT2D eigenvalue weighted by atomic mass is 9.93. The number of pyridine rings is 1. The minimum atomic E-state index is 0.767. The van der Waals surface area contributed by atoms with Gasteiger partial charge in [-0.2, -0.15) is 0 Å². The van der Waals surface area contributed by atoms with Crippen LogP contribution in [0.25, 0.3) is 65.7 Å². The van der Waals surface area contributed by atoms with Crippen molar-refractivity contribution >= 4 is 60.5 Å². The molecule has 2 aromatic heterocycles. The maximum Gasteiger partial charge on any atom is 0.155 e. The number of furan rings is 1. The van der Waals surface area contributed by atoms with Crippen LogP contribution in [-0.4, -0.2) is 4.98 Å². The average molecular weight is 589 g/mol. The van der Waals surface area contributed by atoms with Crippen molar-refractivity contribution in [2.75, 3.05) is 4.90 Å². The summed E-state index contributed by atoms with van der Waals surface area (Å²) in [6.07, 6.45) is 3.75. The van der Waals surface area contributed by atoms with Crippen molar-refractivity contribution in [3.8, 4) is 22.3 Å². The second-order valence-electron chi connectivity index (χ2n) is 11.6. The molecule has 2 heterocycles. The first-order valence-corrected chi connectivity index (χ1v) is 15.5. The van der Waals surface area contributed by atoms with Crippen molar-refractivity contribution in [2.45, 2.75) is 0 Å². The minimum Gasteiger partial charge on any atom is -0.454 e. The van der Waals surface area contributed by atoms with Gasteiger partial charge in [-0.15, -0.1) is 0 Å². The van der Waals surface area contributed by atoms with Gasteiger partial charge in [0.25, 0.3) is 0 Å². The predicted octanol–water partition coefficient (Wildman–Crippen LogP) is 12.1. The molecule has 46 heavy (non-hydrogen) atoms. The standard InChI is InChI=1S/C43H28N2O/c1-2-10-29(11-3-1)30-18-22-33(23-19-30)45(40-27-44-28-42-43(40)38-16-8-9-17-41(38)46-42)34-24-20-31(21-25-34)39-26-32-12-4-5-13-35(32)36-14-6-7-15-37(36)39/h1-28H. The van der Waals surface area contributed by atoms with Gasteiger partial charge in [0.15, 0.2) is 5.58 Å². The first kappa shape index (κ1) is 26.2. The molecule has 7 aromatic carbocycles. The van der Waals surface area contributed by atoms with Crippen LogP contribution in [0.3, 0.4) is 0 Å². The zero-order chi connectivity index (χ0) is 30.5. The van der Waals surface area contributed by atoms with E-state index in [0.29, 0.717) is 0 Å². The highest BCUT2D eigenvalue weighted by Crippen LogP contribution is 2.43. The molecule has 0 aliphatic rings. The van der Waals surface area contributed by atoms with Crippen LogP contribution in [0.1, 0.15) is 0 Å². The van der Waals surface area contributed by atoms with E-state index in [1.54, 1.807) is 0 Å². The summed E-state index contributed by atoms with van der Waals surface area (Å²) < 4.78 is 6.26. The molecule has 0 aliphatic heterocycles. The van der Waals surface area contributed by atoms with E-state index in [-0.39, 0.29) is 0 Å². The van der Waals surface area contributed by atoms with Crippen molar-refractivity contribution in [1.82, 2.24) is 4.98 Å². The van der Waals surface area contributed by atoms with Gasteiger partial charge in [0.05, 0.1) is 23.5 Å². The Balaban J connectivity index is 1.22. The number of hydrogen-bond donors (Lipinski definition) is 0. The van der Waals surface area contributed by atoms with Gasteiger partial charge in [-0.05, 0) is 80.2 Å². The van der Waals surface area contributed by atoms with Crippen molar-refractivity contribution in [2.24, 2.45) is 0 Å². The highest BCUT2D eigenvalue weighted by molar-refractivity contribution is 6.14. The number of aromatic nitrogens is 1. The fraction of sp³-hybridized carbons (Fsp3) is 0. The maximum atomic E-state index is 6.26. The van der Waals surface area contributed by atoms with Crippen molar-refractivity contribution in [1.29, 1.82) is 0 Å². The van der Waals surface area contributed by atoms with Crippen LogP contribution in [0, 0.1) is 0 Å². The second-order valence-corrected chi connectivity index (χ2v) is 11.6. The molecule has 9 rings (SSSR count). The third-order valence-electron chi connectivity index (χ3n) is 8.95. The van der Waals surface area contributed by atoms with Crippen LogP contribution >= 0.6 is 0 Å². The Labute approximate surface area is 266 Å². The third kappa shape index (κ3) is 4.33. The van der Waals surface area contributed by atoms with Gasteiger partial charge >= 0.3 is 0 Å². The second kappa shape index (κ2) is 10.8. The fourth-order valence-electron chi connectivity index (χ4n) is 6.77. The molecule has 0 radical (unpaired) electrons. The Morgan fingerprint density at radius 2 is 1.02 bits per heavy atom. The van der Waals surface area contributed by atoms with E-state index in [4.69, 9.17) is 4.42 Å². The molecule has 0 saturated carbocycles. The van der Waals surface area contributed by atoms with Gasteiger partial charge in [0.1, 0.15) is 5.58 Å². The number of nitrogens with zero attached hydrogens (tertiary/aromatic N) is 2. The molecule has 0 unspecified atom stereocenters. The van der Waals surface area contributed by atoms with E-state index in [9.17, 15) is 0 Å². The zero-order valence-electron chi connectivity index (χ0n) is 25.0. The normalized spacial score (nSPS) is 11.5. The highest BCUT2D eigenvalue weighted by atomic mass is 16.3. The van der Waals surface area contributed by atoms with Crippen LogP contribution in [0.15, 0.2) is 175 Å². The first-order valence-electron chi connectivity index (χ1n) is 15.5. The summed E-state index contributed by atoms with van der Waals surface area (Å²) in [6, 6.07) is 56.0. The summed E-state index contributed by atoms with van der Waals surface area (Å²) >= 11 is 0. The molecule has 0 atom stereocenters. The average Bonchev–Trinajstić information content (AvgIpc) is 3.52. The monoisotopic (exact) mass is 588 g/mol. The molecule has 216 valence electrons. The molecule has 3 nitrogen and oxygen atoms in total. The van der Waals surface area contributed by atoms with E-state index in [1.165, 1.54) is 43.8 Å². The largest absolute Gasteiger partial charge is 0.454 e. The Morgan fingerprint density at radius 1 is 0.435 bits per heavy atom. The molecule has 0 amide bonds. The zero-order valence-corrected chi connectivity index (χ0v) is 25.0. The number of anilines is 3. The highest BCUT2D eigenvalue weighted by Gasteiger charge is 2.20. The van der Waals surface area contributed by atoms with Gasteiger partial charge < -0.3 is 9.32 Å². The molecule has 0 spiro atoms. The topological polar surface area (TPSA) is 29.3 Å². The van der Waals surface area contributed by atoms with Gasteiger partial charge in [-0.3, -0.25) is 4.98 Å². The molecule has 0 N–H and O–H groups in total. The van der Waals surface area contributed by atoms with E-state index in [2.05, 4.69) is 149 Å². The number of hydrogen-bond acceptors (Lipinski definition) is 3. The Kier molecular flexibility index (Phi) is 6.14. The predicted molar refractivity (Wildman–Crippen MR) is 192 cm³/mol. The van der Waals surface area contributed by atoms with E-state index in [0.717, 1.165) is 39.0 Å². The summed E-state index contributed by atoms with van der Waals surface area (Å²) in [5.41, 5.74) is 9.45. The Bertz CT molecular complexity index is 2510. The molecule has 0 bridgehead atoms. The van der Waals surface area contributed by atoms with Crippen LogP contribution in [0.4, 0.5) is 17.1 Å². The van der Waals surface area contributed by atoms with Crippen molar-refractivity contribution in [3.05, 3.63) is 170 Å². The van der Waals surface area contributed by atoms with E-state index in [1.807, 2.05) is 30.6 Å². The number of rotatable bonds is 5. The molecule has 0 saturated heterocycles. The lowest BCUT2D eigenvalue weighted by Gasteiger charge is -2.26. The van der Waals surface area contributed by atoms with Gasteiger partial charge in [-0.1, -0.05) is 121 Å². The number of para-hydroxylation sites is 1. The molecular formula is C43H28N2O. The summed E-state index contributed by atoms with van der Waals surface area (Å²) in [4.78, 5) is 6.92. The summed E-state index contributed by atoms with van der Waals surface area (Å²) in [5, 5.41) is 7.15. The summed E-state index contributed by atoms with van der Waals surface area (Å²) in [5.74, 6) is 0. The molecule has 9 aromatic rings. The van der Waals surface area contributed by atoms with Crippen LogP contribution < -0.4 is 4.90 Å². The first-order chi connectivity index (χ1) is 22.8. The van der Waals surface area contributed by atoms with E-state index >= 15 is 0 Å². The smallest absolute Gasteiger partial charge is 0.155 e. The number of fused-ring (bicyclic) bond motifs is 6. The van der Waals surface area contributed by atoms with Gasteiger partial charge in [-0.25, -0.2) is 0 Å². The van der Waals surface area contributed by atoms with Crippen LogP contribution in [0.5, 0.6) is 0 Å². The van der Waals surface area contributed by atoms with Crippen LogP contribution in [-0.2, 0) is 0 Å². The minimum absolute atomic E-state index is 0.767. The van der Waals surface area contributed by atoms with Crippen LogP contribution in [0.2, 0.25) is 0 Å². The third-order valence-corrected chi connectivity index (χ3v) is 8.95. The molecule has 0 fully saturated rings. The van der Waals surface area contributed by atoms with Gasteiger partial charge in [0, 0.05) is 16.8 Å². The van der Waals surface area contributed by atoms with Crippen molar-refractivity contribution in [3.63, 3.8) is 0 Å². The number of benzene rings is 7. The lowest BCUT2D eigenvalue weighted by molar-refractivity contribution is 0.667. The fourth-order valence-corrected chi connectivity index (χ4v) is 6.77.